The van der Waals surface area contributed by atoms with Crippen molar-refractivity contribution in [3.63, 3.8) is 0 Å². The smallest absolute Gasteiger partial charge is 0.252 e. The molecule has 2 N–H and O–H groups in total. The number of carbonyl (C=O) groups is 1. The second-order valence-electron chi connectivity index (χ2n) is 6.93. The van der Waals surface area contributed by atoms with Crippen LogP contribution in [-0.4, -0.2) is 31.2 Å². The van der Waals surface area contributed by atoms with Crippen molar-refractivity contribution in [1.82, 2.24) is 10.3 Å². The van der Waals surface area contributed by atoms with E-state index in [0.717, 1.165) is 11.5 Å². The molecule has 1 aromatic heterocycles. The summed E-state index contributed by atoms with van der Waals surface area (Å²) in [5.74, 6) is 1.39. The van der Waals surface area contributed by atoms with E-state index in [-0.39, 0.29) is 5.91 Å². The fourth-order valence-electron chi connectivity index (χ4n) is 2.79. The fourth-order valence-corrected chi connectivity index (χ4v) is 2.79. The van der Waals surface area contributed by atoms with E-state index in [1.165, 1.54) is 11.1 Å². The van der Waals surface area contributed by atoms with Crippen molar-refractivity contribution in [2.75, 3.05) is 25.6 Å². The lowest BCUT2D eigenvalue weighted by Gasteiger charge is -2.20. The number of nitrogens with one attached hydrogen (secondary N) is 2. The largest absolute Gasteiger partial charge is 0.383 e. The van der Waals surface area contributed by atoms with Crippen molar-refractivity contribution >= 4 is 17.4 Å². The van der Waals surface area contributed by atoms with Crippen molar-refractivity contribution in [1.29, 1.82) is 0 Å². The average molecular weight is 355 g/mol. The molecule has 1 heterocycles. The number of carbonyl (C=O) groups excluding carboxylic acids is 1. The Morgan fingerprint density at radius 3 is 2.23 bits per heavy atom. The number of amides is 1. The molecule has 26 heavy (non-hydrogen) atoms. The highest BCUT2D eigenvalue weighted by Gasteiger charge is 2.14. The Hall–Kier alpha value is -2.40. The predicted molar refractivity (Wildman–Crippen MR) is 106 cm³/mol. The first kappa shape index (κ1) is 19.9. The molecule has 0 unspecified atom stereocenters. The standard InChI is InChI=1S/C21H29N3O2/c1-14(2)17-7-6-8-18(15(3)4)20(17)24-19-10-9-16(13-23-19)21(25)22-11-12-26-5/h6-10,13-15H,11-12H2,1-5H3,(H,22,25)(H,23,24). The fraction of sp³-hybridized carbons (Fsp3) is 0.429. The van der Waals surface area contributed by atoms with Crippen LogP contribution in [0.15, 0.2) is 36.5 Å². The number of aromatic nitrogens is 1. The molecule has 140 valence electrons. The maximum Gasteiger partial charge on any atom is 0.252 e. The van der Waals surface area contributed by atoms with Crippen LogP contribution < -0.4 is 10.6 Å². The maximum absolute atomic E-state index is 12.0. The summed E-state index contributed by atoms with van der Waals surface area (Å²) in [5, 5.41) is 6.25. The zero-order valence-electron chi connectivity index (χ0n) is 16.3. The molecule has 0 fully saturated rings. The molecule has 0 atom stereocenters. The molecule has 0 aliphatic heterocycles. The Kier molecular flexibility index (Phi) is 7.16. The molecule has 1 amide bonds. The van der Waals surface area contributed by atoms with Gasteiger partial charge in [0.15, 0.2) is 0 Å². The normalized spacial score (nSPS) is 11.0. The Morgan fingerprint density at radius 2 is 1.73 bits per heavy atom. The van der Waals surface area contributed by atoms with Gasteiger partial charge >= 0.3 is 0 Å². The number of hydrogen-bond acceptors (Lipinski definition) is 4. The van der Waals surface area contributed by atoms with Crippen LogP contribution in [0.3, 0.4) is 0 Å². The minimum absolute atomic E-state index is 0.147. The first-order valence-electron chi connectivity index (χ1n) is 9.07. The van der Waals surface area contributed by atoms with Gasteiger partial charge in [0.2, 0.25) is 0 Å². The minimum atomic E-state index is -0.147. The van der Waals surface area contributed by atoms with Gasteiger partial charge in [0, 0.05) is 25.5 Å². The topological polar surface area (TPSA) is 63.2 Å². The molecule has 0 aliphatic carbocycles. The summed E-state index contributed by atoms with van der Waals surface area (Å²) >= 11 is 0. The average Bonchev–Trinajstić information content (AvgIpc) is 2.62. The lowest BCUT2D eigenvalue weighted by Crippen LogP contribution is -2.27. The van der Waals surface area contributed by atoms with Crippen LogP contribution in [0.2, 0.25) is 0 Å². The number of anilines is 2. The molecule has 0 spiro atoms. The summed E-state index contributed by atoms with van der Waals surface area (Å²) in [6, 6.07) is 10.0. The van der Waals surface area contributed by atoms with Crippen LogP contribution in [0.25, 0.3) is 0 Å². The quantitative estimate of drug-likeness (QED) is 0.687. The zero-order valence-corrected chi connectivity index (χ0v) is 16.3. The van der Waals surface area contributed by atoms with E-state index in [1.54, 1.807) is 19.4 Å². The molecule has 0 saturated carbocycles. The van der Waals surface area contributed by atoms with Gasteiger partial charge in [0.05, 0.1) is 12.2 Å². The van der Waals surface area contributed by atoms with Crippen molar-refractivity contribution in [3.05, 3.63) is 53.2 Å². The Bertz CT molecular complexity index is 698. The lowest BCUT2D eigenvalue weighted by molar-refractivity contribution is 0.0937. The number of para-hydroxylation sites is 1. The van der Waals surface area contributed by atoms with Crippen LogP contribution in [0.1, 0.15) is 61.0 Å². The van der Waals surface area contributed by atoms with Crippen LogP contribution in [-0.2, 0) is 4.74 Å². The second kappa shape index (κ2) is 9.34. The molecule has 0 radical (unpaired) electrons. The van der Waals surface area contributed by atoms with Crippen molar-refractivity contribution in [2.45, 2.75) is 39.5 Å². The third kappa shape index (κ3) is 5.05. The summed E-state index contributed by atoms with van der Waals surface area (Å²) < 4.78 is 4.93. The number of benzene rings is 1. The van der Waals surface area contributed by atoms with Crippen LogP contribution in [0.4, 0.5) is 11.5 Å². The highest BCUT2D eigenvalue weighted by molar-refractivity contribution is 5.94. The summed E-state index contributed by atoms with van der Waals surface area (Å²) in [6.45, 7) is 9.71. The Morgan fingerprint density at radius 1 is 1.08 bits per heavy atom. The summed E-state index contributed by atoms with van der Waals surface area (Å²) in [7, 11) is 1.61. The Labute approximate surface area is 156 Å². The van der Waals surface area contributed by atoms with E-state index in [9.17, 15) is 4.79 Å². The highest BCUT2D eigenvalue weighted by atomic mass is 16.5. The van der Waals surface area contributed by atoms with Gasteiger partial charge in [-0.1, -0.05) is 45.9 Å². The minimum Gasteiger partial charge on any atom is -0.383 e. The molecule has 0 bridgehead atoms. The summed E-state index contributed by atoms with van der Waals surface area (Å²) in [4.78, 5) is 16.5. The van der Waals surface area contributed by atoms with Crippen LogP contribution in [0, 0.1) is 0 Å². The van der Waals surface area contributed by atoms with Crippen molar-refractivity contribution in [3.8, 4) is 0 Å². The summed E-state index contributed by atoms with van der Waals surface area (Å²) in [6.07, 6.45) is 1.59. The first-order valence-corrected chi connectivity index (χ1v) is 9.07. The van der Waals surface area contributed by atoms with E-state index in [4.69, 9.17) is 4.74 Å². The van der Waals surface area contributed by atoms with Crippen molar-refractivity contribution < 1.29 is 9.53 Å². The zero-order chi connectivity index (χ0) is 19.1. The van der Waals surface area contributed by atoms with Gasteiger partial charge in [-0.05, 0) is 35.1 Å². The van der Waals surface area contributed by atoms with Gasteiger partial charge in [0.1, 0.15) is 5.82 Å². The van der Waals surface area contributed by atoms with E-state index >= 15 is 0 Å². The molecular formula is C21H29N3O2. The SMILES string of the molecule is COCCNC(=O)c1ccc(Nc2c(C(C)C)cccc2C(C)C)nc1. The number of ether oxygens (including phenoxy) is 1. The summed E-state index contributed by atoms with van der Waals surface area (Å²) in [5.41, 5.74) is 4.17. The number of nitrogens with zero attached hydrogens (tertiary/aromatic N) is 1. The predicted octanol–water partition coefficient (Wildman–Crippen LogP) is 4.45. The van der Waals surface area contributed by atoms with E-state index in [2.05, 4.69) is 61.5 Å². The van der Waals surface area contributed by atoms with Crippen LogP contribution >= 0.6 is 0 Å². The Balaban J connectivity index is 2.20. The van der Waals surface area contributed by atoms with Gasteiger partial charge in [-0.2, -0.15) is 0 Å². The van der Waals surface area contributed by atoms with Gasteiger partial charge in [0.25, 0.3) is 5.91 Å². The van der Waals surface area contributed by atoms with E-state index in [0.29, 0.717) is 30.6 Å². The molecule has 5 heteroatoms. The van der Waals surface area contributed by atoms with E-state index in [1.807, 2.05) is 6.07 Å². The second-order valence-corrected chi connectivity index (χ2v) is 6.93. The highest BCUT2D eigenvalue weighted by Crippen LogP contribution is 2.34. The molecular weight excluding hydrogens is 326 g/mol. The first-order chi connectivity index (χ1) is 12.4. The third-order valence-electron chi connectivity index (χ3n) is 4.24. The van der Waals surface area contributed by atoms with Crippen molar-refractivity contribution in [2.24, 2.45) is 0 Å². The van der Waals surface area contributed by atoms with Gasteiger partial charge in [-0.3, -0.25) is 4.79 Å². The maximum atomic E-state index is 12.0. The monoisotopic (exact) mass is 355 g/mol. The molecule has 0 saturated heterocycles. The van der Waals surface area contributed by atoms with Gasteiger partial charge in [-0.15, -0.1) is 0 Å². The molecule has 2 rings (SSSR count). The number of methoxy groups -OCH3 is 1. The number of rotatable bonds is 8. The van der Waals surface area contributed by atoms with Gasteiger partial charge < -0.3 is 15.4 Å². The number of hydrogen-bond donors (Lipinski definition) is 2. The van der Waals surface area contributed by atoms with Gasteiger partial charge in [-0.25, -0.2) is 4.98 Å². The molecule has 5 nitrogen and oxygen atoms in total. The van der Waals surface area contributed by atoms with E-state index < -0.39 is 0 Å². The molecule has 2 aromatic rings. The lowest BCUT2D eigenvalue weighted by atomic mass is 9.92. The molecule has 0 aliphatic rings. The van der Waals surface area contributed by atoms with Crippen LogP contribution in [0.5, 0.6) is 0 Å². The third-order valence-corrected chi connectivity index (χ3v) is 4.24. The molecule has 1 aromatic carbocycles. The number of pyridine rings is 1.